The van der Waals surface area contributed by atoms with Crippen LogP contribution in [0.4, 0.5) is 15.6 Å². The van der Waals surface area contributed by atoms with Crippen LogP contribution < -0.4 is 16.0 Å². The van der Waals surface area contributed by atoms with E-state index in [1.807, 2.05) is 32.0 Å². The Labute approximate surface area is 150 Å². The molecule has 7 nitrogen and oxygen atoms in total. The summed E-state index contributed by atoms with van der Waals surface area (Å²) >= 11 is 1.40. The van der Waals surface area contributed by atoms with Crippen molar-refractivity contribution in [3.63, 3.8) is 0 Å². The Kier molecular flexibility index (Phi) is 5.28. The van der Waals surface area contributed by atoms with Gasteiger partial charge in [-0.3, -0.25) is 10.1 Å². The molecule has 0 radical (unpaired) electrons. The third-order valence-corrected chi connectivity index (χ3v) is 4.87. The number of amides is 3. The van der Waals surface area contributed by atoms with Gasteiger partial charge in [-0.2, -0.15) is 0 Å². The lowest BCUT2D eigenvalue weighted by molar-refractivity contribution is -0.118. The molecular weight excluding hydrogens is 338 g/mol. The Hall–Kier alpha value is -2.48. The monoisotopic (exact) mass is 359 g/mol. The van der Waals surface area contributed by atoms with Gasteiger partial charge in [0, 0.05) is 11.6 Å². The van der Waals surface area contributed by atoms with Gasteiger partial charge in [0.25, 0.3) is 0 Å². The summed E-state index contributed by atoms with van der Waals surface area (Å²) in [6, 6.07) is 8.00. The summed E-state index contributed by atoms with van der Waals surface area (Å²) in [4.78, 5) is 24.7. The van der Waals surface area contributed by atoms with Crippen LogP contribution in [0, 0.1) is 5.92 Å². The van der Waals surface area contributed by atoms with Crippen molar-refractivity contribution in [1.82, 2.24) is 15.5 Å². The molecule has 1 atom stereocenters. The van der Waals surface area contributed by atoms with Crippen molar-refractivity contribution >= 4 is 34.1 Å². The van der Waals surface area contributed by atoms with E-state index in [1.54, 1.807) is 12.1 Å². The number of nitrogens with one attached hydrogen (secondary N) is 3. The Balaban J connectivity index is 1.59. The normalized spacial score (nSPS) is 14.8. The molecule has 1 saturated carbocycles. The van der Waals surface area contributed by atoms with Gasteiger partial charge in [-0.05, 0) is 30.9 Å². The van der Waals surface area contributed by atoms with Crippen LogP contribution in [0.25, 0.3) is 0 Å². The molecule has 1 fully saturated rings. The number of carbonyl (C=O) groups is 2. The maximum atomic E-state index is 12.5. The second-order valence-electron chi connectivity index (χ2n) is 6.40. The molecule has 8 heteroatoms. The predicted octanol–water partition coefficient (Wildman–Crippen LogP) is 3.20. The molecule has 1 unspecified atom stereocenters. The van der Waals surface area contributed by atoms with Gasteiger partial charge in [-0.1, -0.05) is 43.4 Å². The fourth-order valence-corrected chi connectivity index (χ4v) is 3.24. The number of carbonyl (C=O) groups excluding carboxylic acids is 2. The lowest BCUT2D eigenvalue weighted by atomic mass is 10.0. The van der Waals surface area contributed by atoms with E-state index in [2.05, 4.69) is 26.1 Å². The summed E-state index contributed by atoms with van der Waals surface area (Å²) < 4.78 is 0. The molecule has 1 heterocycles. The maximum absolute atomic E-state index is 12.5. The van der Waals surface area contributed by atoms with E-state index in [0.717, 1.165) is 17.8 Å². The third kappa shape index (κ3) is 4.76. The van der Waals surface area contributed by atoms with Crippen molar-refractivity contribution in [3.05, 3.63) is 35.3 Å². The lowest BCUT2D eigenvalue weighted by Crippen LogP contribution is -2.48. The van der Waals surface area contributed by atoms with Crippen molar-refractivity contribution in [3.8, 4) is 0 Å². The van der Waals surface area contributed by atoms with Crippen LogP contribution in [0.3, 0.4) is 0 Å². The molecule has 0 saturated heterocycles. The number of hydrogen-bond donors (Lipinski definition) is 3. The van der Waals surface area contributed by atoms with Crippen molar-refractivity contribution in [1.29, 1.82) is 0 Å². The molecule has 0 aliphatic heterocycles. The summed E-state index contributed by atoms with van der Waals surface area (Å²) in [5, 5.41) is 17.8. The van der Waals surface area contributed by atoms with Crippen LogP contribution in [-0.2, 0) is 4.79 Å². The SMILES string of the molecule is CC(C)C(NC(=O)Nc1ccccc1)C(=O)Nc1nnc(C2CC2)s1. The number of hydrogen-bond acceptors (Lipinski definition) is 5. The summed E-state index contributed by atoms with van der Waals surface area (Å²) in [5.41, 5.74) is 0.668. The van der Waals surface area contributed by atoms with E-state index in [1.165, 1.54) is 11.3 Å². The minimum atomic E-state index is -0.669. The topological polar surface area (TPSA) is 96.0 Å². The maximum Gasteiger partial charge on any atom is 0.319 e. The number of aromatic nitrogens is 2. The third-order valence-electron chi connectivity index (χ3n) is 3.86. The number of urea groups is 1. The Bertz CT molecular complexity index is 743. The molecule has 0 bridgehead atoms. The minimum Gasteiger partial charge on any atom is -0.326 e. The first-order valence-electron chi connectivity index (χ1n) is 8.29. The second-order valence-corrected chi connectivity index (χ2v) is 7.40. The summed E-state index contributed by atoms with van der Waals surface area (Å²) in [6.07, 6.45) is 2.27. The van der Waals surface area contributed by atoms with Crippen molar-refractivity contribution < 1.29 is 9.59 Å². The highest BCUT2D eigenvalue weighted by atomic mass is 32.1. The highest BCUT2D eigenvalue weighted by Crippen LogP contribution is 2.42. The zero-order valence-electron chi connectivity index (χ0n) is 14.2. The van der Waals surface area contributed by atoms with Gasteiger partial charge < -0.3 is 10.6 Å². The van der Waals surface area contributed by atoms with Gasteiger partial charge in [0.1, 0.15) is 11.0 Å². The van der Waals surface area contributed by atoms with Gasteiger partial charge >= 0.3 is 6.03 Å². The molecule has 3 rings (SSSR count). The average molecular weight is 359 g/mol. The van der Waals surface area contributed by atoms with Crippen LogP contribution in [0.5, 0.6) is 0 Å². The molecule has 25 heavy (non-hydrogen) atoms. The van der Waals surface area contributed by atoms with Crippen LogP contribution in [0.15, 0.2) is 30.3 Å². The Morgan fingerprint density at radius 1 is 1.12 bits per heavy atom. The van der Waals surface area contributed by atoms with Crippen LogP contribution in [-0.4, -0.2) is 28.2 Å². The second kappa shape index (κ2) is 7.60. The number of rotatable bonds is 6. The standard InChI is InChI=1S/C17H21N5O2S/c1-10(2)13(19-16(24)18-12-6-4-3-5-7-12)14(23)20-17-22-21-15(25-17)11-8-9-11/h3-7,10-11,13H,8-9H2,1-2H3,(H2,18,19,24)(H,20,22,23). The zero-order chi connectivity index (χ0) is 17.8. The fraction of sp³-hybridized carbons (Fsp3) is 0.412. The minimum absolute atomic E-state index is 0.0719. The summed E-state index contributed by atoms with van der Waals surface area (Å²) in [5.74, 6) is 0.132. The zero-order valence-corrected chi connectivity index (χ0v) is 15.0. The van der Waals surface area contributed by atoms with E-state index in [0.29, 0.717) is 16.7 Å². The van der Waals surface area contributed by atoms with Crippen LogP contribution >= 0.6 is 11.3 Å². The van der Waals surface area contributed by atoms with Gasteiger partial charge in [-0.25, -0.2) is 4.79 Å². The first kappa shape index (κ1) is 17.3. The number of para-hydroxylation sites is 1. The van der Waals surface area contributed by atoms with Gasteiger partial charge in [-0.15, -0.1) is 10.2 Å². The van der Waals surface area contributed by atoms with Gasteiger partial charge in [0.15, 0.2) is 0 Å². The van der Waals surface area contributed by atoms with Gasteiger partial charge in [0.05, 0.1) is 0 Å². The molecule has 1 aliphatic carbocycles. The molecule has 3 N–H and O–H groups in total. The van der Waals surface area contributed by atoms with Gasteiger partial charge in [0.2, 0.25) is 11.0 Å². The van der Waals surface area contributed by atoms with Crippen LogP contribution in [0.2, 0.25) is 0 Å². The molecule has 3 amide bonds. The first-order valence-corrected chi connectivity index (χ1v) is 9.11. The highest BCUT2D eigenvalue weighted by molar-refractivity contribution is 7.15. The summed E-state index contributed by atoms with van der Waals surface area (Å²) in [7, 11) is 0. The molecule has 1 aliphatic rings. The smallest absolute Gasteiger partial charge is 0.319 e. The molecule has 132 valence electrons. The first-order chi connectivity index (χ1) is 12.0. The van der Waals surface area contributed by atoms with E-state index in [4.69, 9.17) is 0 Å². The molecule has 2 aromatic rings. The lowest BCUT2D eigenvalue weighted by Gasteiger charge is -2.21. The van der Waals surface area contributed by atoms with Crippen molar-refractivity contribution in [2.75, 3.05) is 10.6 Å². The Morgan fingerprint density at radius 2 is 1.84 bits per heavy atom. The van der Waals surface area contributed by atoms with E-state index in [-0.39, 0.29) is 11.8 Å². The Morgan fingerprint density at radius 3 is 2.48 bits per heavy atom. The summed E-state index contributed by atoms with van der Waals surface area (Å²) in [6.45, 7) is 3.76. The number of nitrogens with zero attached hydrogens (tertiary/aromatic N) is 2. The number of anilines is 2. The fourth-order valence-electron chi connectivity index (χ4n) is 2.33. The molecule has 0 spiro atoms. The average Bonchev–Trinajstić information content (AvgIpc) is 3.33. The van der Waals surface area contributed by atoms with E-state index >= 15 is 0 Å². The predicted molar refractivity (Wildman–Crippen MR) is 97.7 cm³/mol. The molecular formula is C17H21N5O2S. The van der Waals surface area contributed by atoms with Crippen molar-refractivity contribution in [2.45, 2.75) is 38.6 Å². The number of benzene rings is 1. The quantitative estimate of drug-likeness (QED) is 0.738. The molecule has 1 aromatic heterocycles. The van der Waals surface area contributed by atoms with Crippen molar-refractivity contribution in [2.24, 2.45) is 5.92 Å². The van der Waals surface area contributed by atoms with Crippen LogP contribution in [0.1, 0.15) is 37.6 Å². The van der Waals surface area contributed by atoms with E-state index < -0.39 is 12.1 Å². The van der Waals surface area contributed by atoms with E-state index in [9.17, 15) is 9.59 Å². The molecule has 1 aromatic carbocycles. The largest absolute Gasteiger partial charge is 0.326 e. The highest BCUT2D eigenvalue weighted by Gasteiger charge is 2.29.